The normalized spacial score (nSPS) is 15.5. The van der Waals surface area contributed by atoms with Crippen LogP contribution in [0.1, 0.15) is 22.2 Å². The van der Waals surface area contributed by atoms with Crippen molar-refractivity contribution in [3.05, 3.63) is 34.5 Å². The Morgan fingerprint density at radius 1 is 1.42 bits per heavy atom. The number of ether oxygens (including phenoxy) is 1. The molecular weight excluding hydrogens is 335 g/mol. The fraction of sp³-hybridized carbons (Fsp3) is 0.312. The van der Waals surface area contributed by atoms with Crippen LogP contribution in [0.25, 0.3) is 10.1 Å². The van der Waals surface area contributed by atoms with Crippen molar-refractivity contribution in [1.29, 1.82) is 0 Å². The molecule has 0 bridgehead atoms. The van der Waals surface area contributed by atoms with Crippen LogP contribution in [-0.2, 0) is 9.53 Å². The summed E-state index contributed by atoms with van der Waals surface area (Å²) in [5, 5.41) is 2.89. The van der Waals surface area contributed by atoms with Crippen LogP contribution in [0.5, 0.6) is 0 Å². The first-order chi connectivity index (χ1) is 11.4. The van der Waals surface area contributed by atoms with Gasteiger partial charge in [0.15, 0.2) is 6.10 Å². The van der Waals surface area contributed by atoms with Gasteiger partial charge in [0.05, 0.1) is 0 Å². The van der Waals surface area contributed by atoms with Crippen molar-refractivity contribution in [2.45, 2.75) is 20.0 Å². The number of nitrogens with zero attached hydrogens (tertiary/aromatic N) is 1. The third-order valence-electron chi connectivity index (χ3n) is 3.84. The lowest BCUT2D eigenvalue weighted by Crippen LogP contribution is -2.41. The number of hydrogen-bond acceptors (Lipinski definition) is 5. The minimum absolute atomic E-state index is 0.243. The van der Waals surface area contributed by atoms with E-state index in [1.807, 2.05) is 0 Å². The number of carbonyl (C=O) groups excluding carboxylic acids is 3. The topological polar surface area (TPSA) is 75.7 Å². The smallest absolute Gasteiger partial charge is 0.349 e. The molecule has 1 aromatic heterocycles. The monoisotopic (exact) mass is 350 g/mol. The van der Waals surface area contributed by atoms with Gasteiger partial charge in [0.25, 0.3) is 5.91 Å². The van der Waals surface area contributed by atoms with Crippen LogP contribution in [0.2, 0.25) is 0 Å². The number of amides is 3. The molecule has 3 amide bonds. The number of carbonyl (C=O) groups is 3. The van der Waals surface area contributed by atoms with Crippen molar-refractivity contribution in [1.82, 2.24) is 10.2 Å². The van der Waals surface area contributed by atoms with E-state index in [2.05, 4.69) is 5.32 Å². The standard InChI is InChI=1S/C16H15FN2O4S/c1-8-12-10(17)4-3-5-11(12)24-13(8)15(21)23-9(2)14(20)19-7-6-18-16(19)22/h3-5,9H,6-7H2,1-2H3,(H,18,22)/t9-/m1/s1. The van der Waals surface area contributed by atoms with E-state index in [1.54, 1.807) is 19.1 Å². The number of fused-ring (bicyclic) bond motifs is 1. The van der Waals surface area contributed by atoms with E-state index in [-0.39, 0.29) is 11.4 Å². The molecule has 126 valence electrons. The molecule has 0 unspecified atom stereocenters. The molecule has 0 spiro atoms. The Morgan fingerprint density at radius 3 is 2.79 bits per heavy atom. The van der Waals surface area contributed by atoms with Crippen LogP contribution in [0, 0.1) is 12.7 Å². The van der Waals surface area contributed by atoms with E-state index in [1.165, 1.54) is 13.0 Å². The lowest BCUT2D eigenvalue weighted by molar-refractivity contribution is -0.136. The van der Waals surface area contributed by atoms with Gasteiger partial charge in [0, 0.05) is 23.2 Å². The summed E-state index contributed by atoms with van der Waals surface area (Å²) in [6, 6.07) is 4.12. The number of esters is 1. The Hall–Kier alpha value is -2.48. The molecule has 1 N–H and O–H groups in total. The van der Waals surface area contributed by atoms with Crippen molar-refractivity contribution in [2.75, 3.05) is 13.1 Å². The van der Waals surface area contributed by atoms with E-state index in [4.69, 9.17) is 4.74 Å². The number of urea groups is 1. The third-order valence-corrected chi connectivity index (χ3v) is 5.08. The van der Waals surface area contributed by atoms with Crippen molar-refractivity contribution in [2.24, 2.45) is 0 Å². The predicted molar refractivity (Wildman–Crippen MR) is 86.5 cm³/mol. The molecule has 24 heavy (non-hydrogen) atoms. The Kier molecular flexibility index (Phi) is 4.23. The highest BCUT2D eigenvalue weighted by molar-refractivity contribution is 7.21. The second-order valence-electron chi connectivity index (χ2n) is 5.44. The molecule has 3 rings (SSSR count). The van der Waals surface area contributed by atoms with Gasteiger partial charge in [-0.3, -0.25) is 9.69 Å². The van der Waals surface area contributed by atoms with E-state index in [9.17, 15) is 18.8 Å². The van der Waals surface area contributed by atoms with Gasteiger partial charge in [-0.05, 0) is 31.5 Å². The Labute approximate surface area is 141 Å². The summed E-state index contributed by atoms with van der Waals surface area (Å²) < 4.78 is 19.7. The zero-order chi connectivity index (χ0) is 17.4. The van der Waals surface area contributed by atoms with Gasteiger partial charge in [-0.25, -0.2) is 14.0 Å². The maximum absolute atomic E-state index is 13.9. The van der Waals surface area contributed by atoms with Crippen molar-refractivity contribution in [3.8, 4) is 0 Å². The minimum Gasteiger partial charge on any atom is -0.448 e. The summed E-state index contributed by atoms with van der Waals surface area (Å²) in [7, 11) is 0. The minimum atomic E-state index is -1.10. The molecule has 0 saturated carbocycles. The van der Waals surface area contributed by atoms with Gasteiger partial charge in [0.2, 0.25) is 0 Å². The van der Waals surface area contributed by atoms with Gasteiger partial charge in [-0.2, -0.15) is 0 Å². The highest BCUT2D eigenvalue weighted by Gasteiger charge is 2.32. The SMILES string of the molecule is Cc1c(C(=O)O[C@H](C)C(=O)N2CCNC2=O)sc2cccc(F)c12. The molecule has 1 aliphatic rings. The summed E-state index contributed by atoms with van der Waals surface area (Å²) in [6.07, 6.45) is -1.10. The Morgan fingerprint density at radius 2 is 2.17 bits per heavy atom. The molecule has 1 saturated heterocycles. The van der Waals surface area contributed by atoms with Crippen LogP contribution >= 0.6 is 11.3 Å². The number of aryl methyl sites for hydroxylation is 1. The third kappa shape index (κ3) is 2.73. The quantitative estimate of drug-likeness (QED) is 0.863. The van der Waals surface area contributed by atoms with Crippen molar-refractivity contribution < 1.29 is 23.5 Å². The molecule has 1 atom stereocenters. The molecular formula is C16H15FN2O4S. The second-order valence-corrected chi connectivity index (χ2v) is 6.49. The zero-order valence-electron chi connectivity index (χ0n) is 13.1. The molecule has 2 aromatic rings. The number of thiophene rings is 1. The van der Waals surface area contributed by atoms with Crippen LogP contribution in [0.3, 0.4) is 0 Å². The van der Waals surface area contributed by atoms with Crippen LogP contribution in [-0.4, -0.2) is 42.0 Å². The van der Waals surface area contributed by atoms with E-state index >= 15 is 0 Å². The van der Waals surface area contributed by atoms with Gasteiger partial charge >= 0.3 is 12.0 Å². The number of halogens is 1. The van der Waals surface area contributed by atoms with Crippen LogP contribution < -0.4 is 5.32 Å². The van der Waals surface area contributed by atoms with Crippen LogP contribution in [0.4, 0.5) is 9.18 Å². The van der Waals surface area contributed by atoms with E-state index < -0.39 is 29.8 Å². The average Bonchev–Trinajstić information content (AvgIpc) is 3.11. The summed E-state index contributed by atoms with van der Waals surface area (Å²) in [4.78, 5) is 37.3. The molecule has 1 fully saturated rings. The van der Waals surface area contributed by atoms with Gasteiger partial charge < -0.3 is 10.1 Å². The van der Waals surface area contributed by atoms with Crippen molar-refractivity contribution >= 4 is 39.3 Å². The summed E-state index contributed by atoms with van der Waals surface area (Å²) >= 11 is 1.11. The lowest BCUT2D eigenvalue weighted by Gasteiger charge is -2.17. The lowest BCUT2D eigenvalue weighted by atomic mass is 10.1. The number of rotatable bonds is 3. The largest absolute Gasteiger partial charge is 0.448 e. The molecule has 6 nitrogen and oxygen atoms in total. The Bertz CT molecular complexity index is 848. The summed E-state index contributed by atoms with van der Waals surface area (Å²) in [5.74, 6) is -1.69. The summed E-state index contributed by atoms with van der Waals surface area (Å²) in [5.41, 5.74) is 0.483. The average molecular weight is 350 g/mol. The maximum atomic E-state index is 13.9. The number of nitrogens with one attached hydrogen (secondary N) is 1. The van der Waals surface area contributed by atoms with Gasteiger partial charge in [0.1, 0.15) is 10.7 Å². The fourth-order valence-electron chi connectivity index (χ4n) is 2.61. The predicted octanol–water partition coefficient (Wildman–Crippen LogP) is 2.45. The molecule has 0 radical (unpaired) electrons. The molecule has 1 aliphatic heterocycles. The number of benzene rings is 1. The van der Waals surface area contributed by atoms with Crippen LogP contribution in [0.15, 0.2) is 18.2 Å². The molecule has 8 heteroatoms. The fourth-order valence-corrected chi connectivity index (χ4v) is 3.72. The first-order valence-corrected chi connectivity index (χ1v) is 8.19. The maximum Gasteiger partial charge on any atom is 0.349 e. The molecule has 0 aliphatic carbocycles. The second kappa shape index (κ2) is 6.20. The van der Waals surface area contributed by atoms with E-state index in [0.29, 0.717) is 22.2 Å². The van der Waals surface area contributed by atoms with E-state index in [0.717, 1.165) is 16.2 Å². The first-order valence-electron chi connectivity index (χ1n) is 7.38. The number of hydrogen-bond donors (Lipinski definition) is 1. The zero-order valence-corrected chi connectivity index (χ0v) is 13.9. The molecule has 1 aromatic carbocycles. The van der Waals surface area contributed by atoms with Crippen molar-refractivity contribution in [3.63, 3.8) is 0 Å². The van der Waals surface area contributed by atoms with Gasteiger partial charge in [-0.1, -0.05) is 6.07 Å². The first kappa shape index (κ1) is 16.4. The molecule has 2 heterocycles. The highest BCUT2D eigenvalue weighted by Crippen LogP contribution is 2.33. The van der Waals surface area contributed by atoms with Gasteiger partial charge in [-0.15, -0.1) is 11.3 Å². The number of imide groups is 1. The summed E-state index contributed by atoms with van der Waals surface area (Å²) in [6.45, 7) is 3.67. The Balaban J connectivity index is 1.80. The highest BCUT2D eigenvalue weighted by atomic mass is 32.1.